The summed E-state index contributed by atoms with van der Waals surface area (Å²) in [5, 5.41) is 11.5. The van der Waals surface area contributed by atoms with Crippen LogP contribution >= 0.6 is 7.82 Å². The van der Waals surface area contributed by atoms with Gasteiger partial charge in [0.1, 0.15) is 29.2 Å². The second-order valence-electron chi connectivity index (χ2n) is 9.83. The maximum absolute atomic E-state index is 13.7. The zero-order chi connectivity index (χ0) is 29.2. The normalized spacial score (nSPS) is 30.5. The Kier molecular flexibility index (Phi) is 9.08. The number of aromatic nitrogens is 2. The molecule has 0 spiro atoms. The fraction of sp³-hybridized carbons (Fsp3) is 0.560. The van der Waals surface area contributed by atoms with E-state index in [4.69, 9.17) is 28.8 Å². The van der Waals surface area contributed by atoms with Gasteiger partial charge in [0.2, 0.25) is 0 Å². The minimum absolute atomic E-state index is 0.0482. The molecule has 3 heterocycles. The molecule has 15 heteroatoms. The third-order valence-electron chi connectivity index (χ3n) is 6.92. The Morgan fingerprint density at radius 3 is 2.60 bits per heavy atom. The van der Waals surface area contributed by atoms with Gasteiger partial charge in [-0.2, -0.15) is 4.98 Å². The highest BCUT2D eigenvalue weighted by molar-refractivity contribution is 7.48. The molecule has 2 aliphatic rings. The molecule has 4 rings (SSSR count). The van der Waals surface area contributed by atoms with Crippen molar-refractivity contribution >= 4 is 19.6 Å². The van der Waals surface area contributed by atoms with Crippen LogP contribution in [0.15, 0.2) is 35.3 Å². The van der Waals surface area contributed by atoms with Crippen molar-refractivity contribution in [2.45, 2.75) is 70.2 Å². The molecule has 1 aromatic carbocycles. The maximum atomic E-state index is 13.7. The van der Waals surface area contributed by atoms with Crippen LogP contribution in [0.5, 0.6) is 0 Å². The number of benzene rings is 1. The molecule has 2 aromatic rings. The van der Waals surface area contributed by atoms with E-state index in [2.05, 4.69) is 4.98 Å². The number of esters is 1. The number of phosphoric ester groups is 1. The van der Waals surface area contributed by atoms with Gasteiger partial charge in [-0.25, -0.2) is 18.1 Å². The minimum Gasteiger partial charge on any atom is -0.456 e. The van der Waals surface area contributed by atoms with Crippen LogP contribution < -0.4 is 11.4 Å². The number of aliphatic hydroxyl groups is 1. The van der Waals surface area contributed by atoms with E-state index in [0.717, 1.165) is 16.7 Å². The fourth-order valence-electron chi connectivity index (χ4n) is 4.74. The molecule has 6 atom stereocenters. The van der Waals surface area contributed by atoms with Crippen LogP contribution in [-0.4, -0.2) is 51.6 Å². The van der Waals surface area contributed by atoms with Gasteiger partial charge in [-0.1, -0.05) is 13.8 Å². The van der Waals surface area contributed by atoms with Crippen molar-refractivity contribution in [2.24, 2.45) is 5.92 Å². The van der Waals surface area contributed by atoms with E-state index >= 15 is 0 Å². The number of nitrogen functional groups attached to an aromatic ring is 1. The highest BCUT2D eigenvalue weighted by Crippen LogP contribution is 2.57. The van der Waals surface area contributed by atoms with Crippen LogP contribution in [0.25, 0.3) is 0 Å². The molecule has 0 bridgehead atoms. The Morgan fingerprint density at radius 1 is 1.30 bits per heavy atom. The van der Waals surface area contributed by atoms with Crippen LogP contribution in [0.4, 0.5) is 14.6 Å². The summed E-state index contributed by atoms with van der Waals surface area (Å²) in [6.45, 7) is 4.27. The van der Waals surface area contributed by atoms with E-state index in [1.165, 1.54) is 19.2 Å². The second kappa shape index (κ2) is 12.0. The topological polar surface area (TPSA) is 161 Å². The number of rotatable bonds is 9. The Balaban J connectivity index is 1.57. The third kappa shape index (κ3) is 6.42. The molecule has 220 valence electrons. The van der Waals surface area contributed by atoms with Gasteiger partial charge < -0.3 is 20.3 Å². The van der Waals surface area contributed by atoms with E-state index in [1.807, 2.05) is 13.8 Å². The number of carbonyl (C=O) groups is 1. The highest BCUT2D eigenvalue weighted by atomic mass is 31.2. The van der Waals surface area contributed by atoms with Gasteiger partial charge in [0.15, 0.2) is 12.3 Å². The quantitative estimate of drug-likeness (QED) is 0.327. The van der Waals surface area contributed by atoms with Crippen molar-refractivity contribution in [3.8, 4) is 0 Å². The number of ether oxygens (including phenoxy) is 2. The minimum atomic E-state index is -4.30. The standard InChI is InChI=1S/C25H32F2N3O9P/c1-4-14(5-2)22(31)38-21-19(37-23(25(21,3)33)30-8-6-20(28)29-24(30)32)13-36-40(34)35-9-7-18(39-40)15-10-16(26)12-17(27)11-15/h6,8,10-12,14,18-19,21,23,33H,4-5,7,9,13H2,1-3H3,(H2,28,29,32)/t18-,19+,21+,23+,25+,40?/m0/s1. The first-order chi connectivity index (χ1) is 18.9. The summed E-state index contributed by atoms with van der Waals surface area (Å²) in [4.78, 5) is 29.1. The number of halogens is 2. The van der Waals surface area contributed by atoms with Crippen LogP contribution in [0.2, 0.25) is 0 Å². The summed E-state index contributed by atoms with van der Waals surface area (Å²) in [7, 11) is -4.30. The lowest BCUT2D eigenvalue weighted by Gasteiger charge is -2.32. The van der Waals surface area contributed by atoms with Crippen molar-refractivity contribution in [1.29, 1.82) is 0 Å². The summed E-state index contributed by atoms with van der Waals surface area (Å²) in [6, 6.07) is 4.13. The predicted molar refractivity (Wildman–Crippen MR) is 136 cm³/mol. The van der Waals surface area contributed by atoms with Crippen molar-refractivity contribution < 1.29 is 46.3 Å². The van der Waals surface area contributed by atoms with Crippen LogP contribution in [0.3, 0.4) is 0 Å². The summed E-state index contributed by atoms with van der Waals surface area (Å²) in [5.74, 6) is -2.77. The lowest BCUT2D eigenvalue weighted by molar-refractivity contribution is -0.169. The number of phosphoric acid groups is 1. The summed E-state index contributed by atoms with van der Waals surface area (Å²) < 4.78 is 69.6. The molecule has 0 radical (unpaired) electrons. The first-order valence-electron chi connectivity index (χ1n) is 12.8. The summed E-state index contributed by atoms with van der Waals surface area (Å²) in [6.07, 6.45) is -2.62. The fourth-order valence-corrected chi connectivity index (χ4v) is 6.13. The Hall–Kier alpha value is -2.74. The molecule has 0 amide bonds. The average Bonchev–Trinajstić information content (AvgIpc) is 3.12. The first-order valence-corrected chi connectivity index (χ1v) is 14.3. The number of carbonyl (C=O) groups excluding carboxylic acids is 1. The highest BCUT2D eigenvalue weighted by Gasteiger charge is 2.57. The van der Waals surface area contributed by atoms with Crippen molar-refractivity contribution in [3.05, 3.63) is 58.1 Å². The average molecular weight is 588 g/mol. The van der Waals surface area contributed by atoms with E-state index in [9.17, 15) is 28.0 Å². The molecule has 0 aliphatic carbocycles. The van der Waals surface area contributed by atoms with Gasteiger partial charge in [0.05, 0.1) is 25.2 Å². The molecule has 40 heavy (non-hydrogen) atoms. The molecule has 2 saturated heterocycles. The monoisotopic (exact) mass is 587 g/mol. The number of hydrogen-bond acceptors (Lipinski definition) is 11. The Morgan fingerprint density at radius 2 is 1.98 bits per heavy atom. The number of nitrogens with two attached hydrogens (primary N) is 1. The zero-order valence-corrected chi connectivity index (χ0v) is 23.1. The molecule has 0 saturated carbocycles. The third-order valence-corrected chi connectivity index (χ3v) is 8.40. The molecular formula is C25H32F2N3O9P. The van der Waals surface area contributed by atoms with Gasteiger partial charge in [0.25, 0.3) is 0 Å². The van der Waals surface area contributed by atoms with E-state index < -0.39 is 73.8 Å². The number of nitrogens with zero attached hydrogens (tertiary/aromatic N) is 2. The van der Waals surface area contributed by atoms with Crippen molar-refractivity contribution in [3.63, 3.8) is 0 Å². The van der Waals surface area contributed by atoms with Gasteiger partial charge in [-0.05, 0) is 43.5 Å². The summed E-state index contributed by atoms with van der Waals surface area (Å²) >= 11 is 0. The first kappa shape index (κ1) is 30.2. The van der Waals surface area contributed by atoms with Crippen molar-refractivity contribution in [1.82, 2.24) is 9.55 Å². The van der Waals surface area contributed by atoms with Crippen LogP contribution in [0.1, 0.15) is 57.9 Å². The Bertz CT molecular complexity index is 1320. The molecule has 1 aromatic heterocycles. The maximum Gasteiger partial charge on any atom is 0.475 e. The molecule has 3 N–H and O–H groups in total. The molecular weight excluding hydrogens is 555 g/mol. The van der Waals surface area contributed by atoms with Gasteiger partial charge in [-0.3, -0.25) is 22.9 Å². The predicted octanol–water partition coefficient (Wildman–Crippen LogP) is 3.40. The molecule has 2 aliphatic heterocycles. The molecule has 2 fully saturated rings. The smallest absolute Gasteiger partial charge is 0.456 e. The van der Waals surface area contributed by atoms with Crippen LogP contribution in [0, 0.1) is 17.6 Å². The SMILES string of the molecule is CCC(CC)C(=O)O[C@@H]1[C@@H](COP2(=O)OCC[C@@H](c3cc(F)cc(F)c3)O2)O[C@@H](n2ccc(N)nc2=O)[C@]1(C)O. The van der Waals surface area contributed by atoms with E-state index in [0.29, 0.717) is 18.9 Å². The molecule has 1 unspecified atom stereocenters. The van der Waals surface area contributed by atoms with Gasteiger partial charge >= 0.3 is 19.5 Å². The zero-order valence-electron chi connectivity index (χ0n) is 22.2. The molecule has 12 nitrogen and oxygen atoms in total. The number of anilines is 1. The van der Waals surface area contributed by atoms with Crippen molar-refractivity contribution in [2.75, 3.05) is 18.9 Å². The van der Waals surface area contributed by atoms with Gasteiger partial charge in [0, 0.05) is 18.7 Å². The largest absolute Gasteiger partial charge is 0.475 e. The summed E-state index contributed by atoms with van der Waals surface area (Å²) in [5.41, 5.74) is 2.89. The van der Waals surface area contributed by atoms with Gasteiger partial charge in [-0.15, -0.1) is 0 Å². The van der Waals surface area contributed by atoms with Crippen LogP contribution in [-0.2, 0) is 32.4 Å². The Labute approximate surface area is 229 Å². The lowest BCUT2D eigenvalue weighted by Crippen LogP contribution is -2.49. The lowest BCUT2D eigenvalue weighted by atomic mass is 9.95. The second-order valence-corrected chi connectivity index (χ2v) is 11.4. The van der Waals surface area contributed by atoms with E-state index in [-0.39, 0.29) is 24.4 Å². The number of hydrogen-bond donors (Lipinski definition) is 2. The van der Waals surface area contributed by atoms with E-state index in [1.54, 1.807) is 0 Å².